The fraction of sp³-hybridized carbons (Fsp3) is 0.792. The van der Waals surface area contributed by atoms with Crippen LogP contribution in [0.4, 0.5) is 0 Å². The van der Waals surface area contributed by atoms with Crippen LogP contribution in [0.1, 0.15) is 78.1 Å². The van der Waals surface area contributed by atoms with E-state index in [4.69, 9.17) is 9.47 Å². The van der Waals surface area contributed by atoms with Gasteiger partial charge in [0.05, 0.1) is 5.92 Å². The molecule has 0 aliphatic rings. The standard InChI is InChI=1S/C24H44O6/c1-3-5-7-9-11-13-15-29-23(30-16-14-12-10-8-6-4-2)18-22(24(27)28)17-21(19-25)20-26/h5-8,21-23,25-26H,3-4,9-20H2,1-2H3,(H,27,28)/b7-5-,8-6-. The summed E-state index contributed by atoms with van der Waals surface area (Å²) >= 11 is 0. The molecule has 0 fully saturated rings. The Morgan fingerprint density at radius 3 is 1.70 bits per heavy atom. The number of unbranched alkanes of at least 4 members (excludes halogenated alkanes) is 4. The van der Waals surface area contributed by atoms with Gasteiger partial charge in [0.1, 0.15) is 0 Å². The summed E-state index contributed by atoms with van der Waals surface area (Å²) in [6.45, 7) is 4.81. The SMILES string of the molecule is CC/C=C\CCCCOC(CC(CC(CO)CO)C(=O)O)OCCCC/C=C\CC. The van der Waals surface area contributed by atoms with Crippen molar-refractivity contribution in [1.29, 1.82) is 0 Å². The fourth-order valence-electron chi connectivity index (χ4n) is 3.05. The first kappa shape index (κ1) is 28.8. The number of hydrogen-bond acceptors (Lipinski definition) is 5. The van der Waals surface area contributed by atoms with Gasteiger partial charge in [-0.2, -0.15) is 0 Å². The van der Waals surface area contributed by atoms with Crippen LogP contribution in [0.3, 0.4) is 0 Å². The molecule has 0 radical (unpaired) electrons. The van der Waals surface area contributed by atoms with E-state index in [0.717, 1.165) is 51.4 Å². The average Bonchev–Trinajstić information content (AvgIpc) is 2.74. The minimum Gasteiger partial charge on any atom is -0.481 e. The van der Waals surface area contributed by atoms with Gasteiger partial charge in [0.2, 0.25) is 0 Å². The molecule has 0 aromatic rings. The number of carbonyl (C=O) groups is 1. The molecule has 0 bridgehead atoms. The van der Waals surface area contributed by atoms with E-state index in [1.54, 1.807) is 0 Å². The normalized spacial score (nSPS) is 13.3. The fourth-order valence-corrected chi connectivity index (χ4v) is 3.05. The Labute approximate surface area is 183 Å². The Morgan fingerprint density at radius 2 is 1.30 bits per heavy atom. The van der Waals surface area contributed by atoms with Crippen LogP contribution < -0.4 is 0 Å². The maximum absolute atomic E-state index is 11.7. The third-order valence-electron chi connectivity index (χ3n) is 4.90. The Balaban J connectivity index is 4.55. The minimum absolute atomic E-state index is 0.204. The summed E-state index contributed by atoms with van der Waals surface area (Å²) in [5.41, 5.74) is 0. The van der Waals surface area contributed by atoms with Gasteiger partial charge in [0, 0.05) is 38.8 Å². The van der Waals surface area contributed by atoms with Crippen molar-refractivity contribution in [3.63, 3.8) is 0 Å². The van der Waals surface area contributed by atoms with Crippen molar-refractivity contribution in [3.05, 3.63) is 24.3 Å². The zero-order chi connectivity index (χ0) is 22.5. The lowest BCUT2D eigenvalue weighted by Crippen LogP contribution is -2.29. The van der Waals surface area contributed by atoms with Crippen molar-refractivity contribution in [3.8, 4) is 0 Å². The van der Waals surface area contributed by atoms with Crippen LogP contribution in [-0.4, -0.2) is 54.0 Å². The molecule has 6 nitrogen and oxygen atoms in total. The highest BCUT2D eigenvalue weighted by molar-refractivity contribution is 5.69. The highest BCUT2D eigenvalue weighted by Crippen LogP contribution is 2.21. The van der Waals surface area contributed by atoms with Crippen LogP contribution in [0, 0.1) is 11.8 Å². The second-order valence-corrected chi connectivity index (χ2v) is 7.66. The monoisotopic (exact) mass is 428 g/mol. The van der Waals surface area contributed by atoms with E-state index in [1.807, 2.05) is 0 Å². The van der Waals surface area contributed by atoms with Gasteiger partial charge in [0.15, 0.2) is 6.29 Å². The predicted molar refractivity (Wildman–Crippen MR) is 120 cm³/mol. The van der Waals surface area contributed by atoms with E-state index in [0.29, 0.717) is 13.2 Å². The van der Waals surface area contributed by atoms with Crippen LogP contribution in [0.25, 0.3) is 0 Å². The topological polar surface area (TPSA) is 96.2 Å². The van der Waals surface area contributed by atoms with E-state index >= 15 is 0 Å². The summed E-state index contributed by atoms with van der Waals surface area (Å²) in [5, 5.41) is 28.1. The zero-order valence-corrected chi connectivity index (χ0v) is 19.0. The van der Waals surface area contributed by atoms with Gasteiger partial charge >= 0.3 is 5.97 Å². The van der Waals surface area contributed by atoms with Crippen LogP contribution in [0.15, 0.2) is 24.3 Å². The molecular weight excluding hydrogens is 384 g/mol. The maximum Gasteiger partial charge on any atom is 0.306 e. The largest absolute Gasteiger partial charge is 0.481 e. The van der Waals surface area contributed by atoms with Gasteiger partial charge in [-0.3, -0.25) is 4.79 Å². The number of aliphatic carboxylic acids is 1. The highest BCUT2D eigenvalue weighted by Gasteiger charge is 2.26. The van der Waals surface area contributed by atoms with Gasteiger partial charge in [-0.25, -0.2) is 0 Å². The molecule has 176 valence electrons. The number of rotatable bonds is 21. The molecule has 3 N–H and O–H groups in total. The molecule has 0 saturated carbocycles. The Bertz CT molecular complexity index is 421. The van der Waals surface area contributed by atoms with E-state index in [-0.39, 0.29) is 26.1 Å². The van der Waals surface area contributed by atoms with E-state index in [2.05, 4.69) is 38.2 Å². The third-order valence-corrected chi connectivity index (χ3v) is 4.90. The summed E-state index contributed by atoms with van der Waals surface area (Å²) in [4.78, 5) is 11.7. The molecule has 0 aromatic carbocycles. The number of aliphatic hydroxyl groups is 2. The van der Waals surface area contributed by atoms with Gasteiger partial charge in [-0.15, -0.1) is 0 Å². The van der Waals surface area contributed by atoms with E-state index in [1.165, 1.54) is 0 Å². The quantitative estimate of drug-likeness (QED) is 0.139. The molecule has 0 aromatic heterocycles. The lowest BCUT2D eigenvalue weighted by molar-refractivity contribution is -0.166. The zero-order valence-electron chi connectivity index (χ0n) is 19.0. The minimum atomic E-state index is -0.950. The molecule has 1 atom stereocenters. The van der Waals surface area contributed by atoms with Crippen molar-refractivity contribution >= 4 is 5.97 Å². The van der Waals surface area contributed by atoms with Gasteiger partial charge in [-0.05, 0) is 57.8 Å². The number of ether oxygens (including phenoxy) is 2. The third kappa shape index (κ3) is 16.6. The Morgan fingerprint density at radius 1 is 0.800 bits per heavy atom. The first-order valence-corrected chi connectivity index (χ1v) is 11.6. The van der Waals surface area contributed by atoms with Crippen molar-refractivity contribution in [2.24, 2.45) is 11.8 Å². The number of aliphatic hydroxyl groups excluding tert-OH is 2. The first-order chi connectivity index (χ1) is 14.6. The first-order valence-electron chi connectivity index (χ1n) is 11.6. The summed E-state index contributed by atoms with van der Waals surface area (Å²) < 4.78 is 11.7. The summed E-state index contributed by atoms with van der Waals surface area (Å²) in [7, 11) is 0. The molecule has 0 spiro atoms. The van der Waals surface area contributed by atoms with Crippen molar-refractivity contribution in [2.75, 3.05) is 26.4 Å². The molecule has 0 aliphatic carbocycles. The van der Waals surface area contributed by atoms with Gasteiger partial charge < -0.3 is 24.8 Å². The van der Waals surface area contributed by atoms with Crippen LogP contribution >= 0.6 is 0 Å². The predicted octanol–water partition coefficient (Wildman–Crippen LogP) is 4.70. The average molecular weight is 429 g/mol. The molecule has 0 rings (SSSR count). The number of carboxylic acids is 1. The smallest absolute Gasteiger partial charge is 0.306 e. The van der Waals surface area contributed by atoms with Crippen LogP contribution in [0.2, 0.25) is 0 Å². The van der Waals surface area contributed by atoms with Crippen LogP contribution in [0.5, 0.6) is 0 Å². The Hall–Kier alpha value is -1.21. The summed E-state index contributed by atoms with van der Waals surface area (Å²) in [5.74, 6) is -2.12. The van der Waals surface area contributed by atoms with Crippen molar-refractivity contribution < 1.29 is 29.6 Å². The Kier molecular flexibility index (Phi) is 20.2. The van der Waals surface area contributed by atoms with Gasteiger partial charge in [0.25, 0.3) is 0 Å². The number of carboxylic acid groups (broad SMARTS) is 1. The van der Waals surface area contributed by atoms with Crippen molar-refractivity contribution in [1.82, 2.24) is 0 Å². The molecule has 6 heteroatoms. The molecule has 30 heavy (non-hydrogen) atoms. The summed E-state index contributed by atoms with van der Waals surface area (Å²) in [6.07, 6.45) is 16.4. The second-order valence-electron chi connectivity index (χ2n) is 7.66. The molecule has 0 amide bonds. The molecule has 0 aliphatic heterocycles. The second kappa shape index (κ2) is 21.0. The number of allylic oxidation sites excluding steroid dienone is 4. The highest BCUT2D eigenvalue weighted by atomic mass is 16.7. The van der Waals surface area contributed by atoms with E-state index in [9.17, 15) is 20.1 Å². The van der Waals surface area contributed by atoms with E-state index < -0.39 is 24.1 Å². The molecular formula is C24H44O6. The molecule has 1 unspecified atom stereocenters. The lowest BCUT2D eigenvalue weighted by Gasteiger charge is -2.24. The summed E-state index contributed by atoms with van der Waals surface area (Å²) in [6, 6.07) is 0. The lowest BCUT2D eigenvalue weighted by atomic mass is 9.92. The van der Waals surface area contributed by atoms with Crippen molar-refractivity contribution in [2.45, 2.75) is 84.3 Å². The van der Waals surface area contributed by atoms with Gasteiger partial charge in [-0.1, -0.05) is 38.2 Å². The molecule has 0 heterocycles. The molecule has 0 saturated heterocycles. The van der Waals surface area contributed by atoms with Crippen LogP contribution in [-0.2, 0) is 14.3 Å². The number of hydrogen-bond donors (Lipinski definition) is 3. The maximum atomic E-state index is 11.7.